The van der Waals surface area contributed by atoms with Gasteiger partial charge in [-0.2, -0.15) is 0 Å². The van der Waals surface area contributed by atoms with Crippen LogP contribution in [0.3, 0.4) is 0 Å². The van der Waals surface area contributed by atoms with Crippen LogP contribution in [-0.4, -0.2) is 4.57 Å². The van der Waals surface area contributed by atoms with Crippen molar-refractivity contribution in [3.63, 3.8) is 0 Å². The Hall–Kier alpha value is -7.68. The van der Waals surface area contributed by atoms with Crippen LogP contribution >= 0.6 is 0 Å². The first-order valence-corrected chi connectivity index (χ1v) is 20.0. The molecule has 270 valence electrons. The third kappa shape index (κ3) is 4.85. The van der Waals surface area contributed by atoms with Crippen LogP contribution in [0.1, 0.15) is 0 Å². The number of para-hydroxylation sites is 3. The number of nitrogens with zero attached hydrogens (tertiary/aromatic N) is 2. The number of benzene rings is 10. The largest absolute Gasteiger partial charge is 0.309 e. The molecule has 0 amide bonds. The molecule has 10 aromatic carbocycles. The van der Waals surface area contributed by atoms with Crippen LogP contribution in [0.5, 0.6) is 0 Å². The molecule has 12 rings (SSSR count). The van der Waals surface area contributed by atoms with Gasteiger partial charge in [0.05, 0.1) is 28.1 Å². The van der Waals surface area contributed by atoms with Gasteiger partial charge >= 0.3 is 0 Å². The van der Waals surface area contributed by atoms with Crippen molar-refractivity contribution in [2.45, 2.75) is 0 Å². The van der Waals surface area contributed by atoms with Crippen LogP contribution < -0.4 is 4.90 Å². The Morgan fingerprint density at radius 1 is 0.328 bits per heavy atom. The Kier molecular flexibility index (Phi) is 7.26. The van der Waals surface area contributed by atoms with Gasteiger partial charge in [0, 0.05) is 33.2 Å². The molecule has 2 nitrogen and oxygen atoms in total. The molecule has 0 unspecified atom stereocenters. The summed E-state index contributed by atoms with van der Waals surface area (Å²) in [7, 11) is 0. The first kappa shape index (κ1) is 32.6. The molecule has 0 fully saturated rings. The summed E-state index contributed by atoms with van der Waals surface area (Å²) >= 11 is 0. The predicted molar refractivity (Wildman–Crippen MR) is 246 cm³/mol. The number of hydrogen-bond acceptors (Lipinski definition) is 1. The van der Waals surface area contributed by atoms with E-state index in [4.69, 9.17) is 0 Å². The average molecular weight is 737 g/mol. The van der Waals surface area contributed by atoms with Gasteiger partial charge in [-0.25, -0.2) is 0 Å². The second kappa shape index (κ2) is 12.9. The van der Waals surface area contributed by atoms with Crippen LogP contribution in [0.2, 0.25) is 0 Å². The molecule has 2 heteroatoms. The van der Waals surface area contributed by atoms with E-state index in [1.165, 1.54) is 87.9 Å². The summed E-state index contributed by atoms with van der Waals surface area (Å²) in [6.45, 7) is 0. The standard InChI is InChI=1S/C56H36N2/c1-3-17-37(18-4-1)42-23-9-12-29-49(42)57(53-32-16-28-47-55(53)46-27-15-22-40-35-39-21-7-8-25-44(39)56(47)54(40)46)41-33-34-52-48(36-41)45-26-11-14-31-51(45)58(52)50-30-13-10-24-43(50)38-19-5-2-6-20-38/h1-36H. The summed E-state index contributed by atoms with van der Waals surface area (Å²) in [5, 5.41) is 7.59. The van der Waals surface area contributed by atoms with Crippen molar-refractivity contribution in [1.29, 1.82) is 0 Å². The zero-order valence-corrected chi connectivity index (χ0v) is 31.7. The van der Waals surface area contributed by atoms with Gasteiger partial charge in [0.15, 0.2) is 0 Å². The van der Waals surface area contributed by atoms with Crippen molar-refractivity contribution < 1.29 is 0 Å². The normalized spacial score (nSPS) is 11.8. The van der Waals surface area contributed by atoms with Gasteiger partial charge in [-0.3, -0.25) is 0 Å². The SMILES string of the molecule is c1ccc(-c2ccccc2N(c2ccc3c(c2)c2ccccc2n3-c2ccccc2-c2ccccc2)c2cccc3c2-c2cccc4cc5ccccc5c-3c24)cc1. The summed E-state index contributed by atoms with van der Waals surface area (Å²) in [4.78, 5) is 2.51. The molecular weight excluding hydrogens is 701 g/mol. The minimum Gasteiger partial charge on any atom is -0.309 e. The molecule has 11 aromatic rings. The van der Waals surface area contributed by atoms with Crippen LogP contribution in [0.15, 0.2) is 218 Å². The van der Waals surface area contributed by atoms with Gasteiger partial charge in [0.2, 0.25) is 0 Å². The van der Waals surface area contributed by atoms with Gasteiger partial charge in [0.1, 0.15) is 0 Å². The highest BCUT2D eigenvalue weighted by Gasteiger charge is 2.30. The molecule has 0 bridgehead atoms. The second-order valence-electron chi connectivity index (χ2n) is 15.2. The highest BCUT2D eigenvalue weighted by atomic mass is 15.1. The van der Waals surface area contributed by atoms with E-state index in [2.05, 4.69) is 228 Å². The minimum atomic E-state index is 1.11. The highest BCUT2D eigenvalue weighted by molar-refractivity contribution is 6.26. The number of anilines is 3. The number of aromatic nitrogens is 1. The lowest BCUT2D eigenvalue weighted by Crippen LogP contribution is -2.12. The van der Waals surface area contributed by atoms with Gasteiger partial charge in [0.25, 0.3) is 0 Å². The molecule has 0 spiro atoms. The topological polar surface area (TPSA) is 8.17 Å². The van der Waals surface area contributed by atoms with Crippen LogP contribution in [-0.2, 0) is 0 Å². The first-order valence-electron chi connectivity index (χ1n) is 20.0. The molecule has 0 N–H and O–H groups in total. The fourth-order valence-electron chi connectivity index (χ4n) is 9.66. The molecule has 1 aliphatic rings. The van der Waals surface area contributed by atoms with E-state index in [0.717, 1.165) is 22.7 Å². The summed E-state index contributed by atoms with van der Waals surface area (Å²) in [6.07, 6.45) is 0. The second-order valence-corrected chi connectivity index (χ2v) is 15.2. The zero-order valence-electron chi connectivity index (χ0n) is 31.7. The van der Waals surface area contributed by atoms with E-state index in [1.807, 2.05) is 0 Å². The molecule has 0 aliphatic heterocycles. The molecule has 58 heavy (non-hydrogen) atoms. The Balaban J connectivity index is 1.15. The molecular formula is C56H36N2. The maximum atomic E-state index is 2.51. The zero-order chi connectivity index (χ0) is 38.2. The Bertz CT molecular complexity index is 3390. The summed E-state index contributed by atoms with van der Waals surface area (Å²) in [5.41, 5.74) is 16.8. The molecule has 0 radical (unpaired) electrons. The van der Waals surface area contributed by atoms with Crippen LogP contribution in [0.25, 0.3) is 93.5 Å². The Morgan fingerprint density at radius 2 is 0.914 bits per heavy atom. The molecule has 1 heterocycles. The lowest BCUT2D eigenvalue weighted by atomic mass is 9.95. The predicted octanol–water partition coefficient (Wildman–Crippen LogP) is 15.5. The van der Waals surface area contributed by atoms with Crippen molar-refractivity contribution in [3.8, 4) is 50.2 Å². The van der Waals surface area contributed by atoms with E-state index in [0.29, 0.717) is 0 Å². The number of rotatable bonds is 6. The molecule has 1 aliphatic carbocycles. The summed E-state index contributed by atoms with van der Waals surface area (Å²) in [6, 6.07) is 80.0. The number of fused-ring (bicyclic) bond motifs is 8. The van der Waals surface area contributed by atoms with Crippen molar-refractivity contribution >= 4 is 60.4 Å². The fraction of sp³-hybridized carbons (Fsp3) is 0. The van der Waals surface area contributed by atoms with Crippen molar-refractivity contribution in [3.05, 3.63) is 218 Å². The Morgan fingerprint density at radius 3 is 1.76 bits per heavy atom. The minimum absolute atomic E-state index is 1.11. The van der Waals surface area contributed by atoms with Gasteiger partial charge in [-0.05, 0) is 97.9 Å². The fourth-order valence-corrected chi connectivity index (χ4v) is 9.66. The summed E-state index contributed by atoms with van der Waals surface area (Å²) in [5.74, 6) is 0. The van der Waals surface area contributed by atoms with Gasteiger partial charge in [-0.1, -0.05) is 170 Å². The quantitative estimate of drug-likeness (QED) is 0.154. The van der Waals surface area contributed by atoms with Crippen molar-refractivity contribution in [2.75, 3.05) is 4.90 Å². The van der Waals surface area contributed by atoms with E-state index in [9.17, 15) is 0 Å². The highest BCUT2D eigenvalue weighted by Crippen LogP contribution is 2.56. The molecule has 0 atom stereocenters. The monoisotopic (exact) mass is 736 g/mol. The third-order valence-electron chi connectivity index (χ3n) is 12.1. The first-order chi connectivity index (χ1) is 28.8. The summed E-state index contributed by atoms with van der Waals surface area (Å²) < 4.78 is 2.45. The van der Waals surface area contributed by atoms with E-state index in [-0.39, 0.29) is 0 Å². The lowest BCUT2D eigenvalue weighted by molar-refractivity contribution is 1.18. The van der Waals surface area contributed by atoms with E-state index in [1.54, 1.807) is 0 Å². The van der Waals surface area contributed by atoms with Gasteiger partial charge < -0.3 is 9.47 Å². The van der Waals surface area contributed by atoms with E-state index < -0.39 is 0 Å². The Labute approximate surface area is 337 Å². The smallest absolute Gasteiger partial charge is 0.0546 e. The van der Waals surface area contributed by atoms with Crippen molar-refractivity contribution in [1.82, 2.24) is 4.57 Å². The third-order valence-corrected chi connectivity index (χ3v) is 12.1. The van der Waals surface area contributed by atoms with Crippen LogP contribution in [0, 0.1) is 0 Å². The maximum absolute atomic E-state index is 2.51. The number of hydrogen-bond donors (Lipinski definition) is 0. The molecule has 0 saturated heterocycles. The van der Waals surface area contributed by atoms with E-state index >= 15 is 0 Å². The van der Waals surface area contributed by atoms with Gasteiger partial charge in [-0.15, -0.1) is 0 Å². The molecule has 1 aromatic heterocycles. The lowest BCUT2D eigenvalue weighted by Gasteiger charge is -2.30. The molecule has 0 saturated carbocycles. The maximum Gasteiger partial charge on any atom is 0.0546 e. The van der Waals surface area contributed by atoms with Crippen molar-refractivity contribution in [2.24, 2.45) is 0 Å². The average Bonchev–Trinajstić information content (AvgIpc) is 3.82. The van der Waals surface area contributed by atoms with Crippen LogP contribution in [0.4, 0.5) is 17.1 Å².